The number of ether oxygens (including phenoxy) is 1. The van der Waals surface area contributed by atoms with Crippen LogP contribution in [0.2, 0.25) is 0 Å². The number of rotatable bonds is 4. The molecule has 2 N–H and O–H groups in total. The molecular formula is C23H24BFN4O3. The molecule has 0 amide bonds. The number of hydrogen-bond donors (Lipinski definition) is 2. The largest absolute Gasteiger partial charge is 0.488 e. The Balaban J connectivity index is 1.64. The van der Waals surface area contributed by atoms with Gasteiger partial charge in [0, 0.05) is 36.4 Å². The van der Waals surface area contributed by atoms with E-state index in [9.17, 15) is 14.4 Å². The third-order valence-corrected chi connectivity index (χ3v) is 6.18. The molecule has 0 radical (unpaired) electrons. The zero-order chi connectivity index (χ0) is 22.4. The van der Waals surface area contributed by atoms with Gasteiger partial charge in [0.25, 0.3) is 0 Å². The maximum atomic E-state index is 13.9. The number of nitrogens with zero attached hydrogens (tertiary/aromatic N) is 4. The summed E-state index contributed by atoms with van der Waals surface area (Å²) in [6, 6.07) is 11.9. The fourth-order valence-electron chi connectivity index (χ4n) is 4.61. The molecule has 5 rings (SSSR count). The monoisotopic (exact) mass is 434 g/mol. The van der Waals surface area contributed by atoms with E-state index in [4.69, 9.17) is 14.7 Å². The minimum absolute atomic E-state index is 0.0371. The number of halogens is 1. The lowest BCUT2D eigenvalue weighted by Crippen LogP contribution is -2.32. The Morgan fingerprint density at radius 2 is 1.97 bits per heavy atom. The molecule has 0 bridgehead atoms. The second-order valence-electron chi connectivity index (χ2n) is 8.26. The van der Waals surface area contributed by atoms with E-state index in [0.29, 0.717) is 49.0 Å². The molecule has 9 heteroatoms. The summed E-state index contributed by atoms with van der Waals surface area (Å²) in [4.78, 5) is 13.7. The quantitative estimate of drug-likeness (QED) is 0.610. The highest BCUT2D eigenvalue weighted by Gasteiger charge is 2.34. The highest BCUT2D eigenvalue weighted by atomic mass is 19.1. The van der Waals surface area contributed by atoms with Gasteiger partial charge in [0.2, 0.25) is 5.95 Å². The molecule has 2 aromatic carbocycles. The molecule has 0 aliphatic carbocycles. The lowest BCUT2D eigenvalue weighted by Gasteiger charge is -2.29. The molecule has 1 atom stereocenters. The standard InChI is InChI=1S/C23H24BFN4O3/c1-14-11-17-19(24(30)31)7-4-8-21(17)29(14)23-26-20-9-10-32-13-18(20)22(27-23)28(2)16-6-3-5-15(25)12-16/h3-8,12,14,30-31H,9-11,13H2,1-2H3. The van der Waals surface area contributed by atoms with Crippen LogP contribution in [0.25, 0.3) is 0 Å². The van der Waals surface area contributed by atoms with E-state index >= 15 is 0 Å². The molecule has 7 nitrogen and oxygen atoms in total. The van der Waals surface area contributed by atoms with Crippen LogP contribution in [-0.2, 0) is 24.2 Å². The molecule has 32 heavy (non-hydrogen) atoms. The fourth-order valence-corrected chi connectivity index (χ4v) is 4.61. The molecule has 0 spiro atoms. The Bertz CT molecular complexity index is 1180. The van der Waals surface area contributed by atoms with E-state index < -0.39 is 7.12 Å². The predicted octanol–water partition coefficient (Wildman–Crippen LogP) is 2.22. The smallest absolute Gasteiger partial charge is 0.423 e. The van der Waals surface area contributed by atoms with Gasteiger partial charge in [0.1, 0.15) is 11.6 Å². The minimum atomic E-state index is -1.53. The van der Waals surface area contributed by atoms with Crippen LogP contribution in [0.15, 0.2) is 42.5 Å². The van der Waals surface area contributed by atoms with Crippen molar-refractivity contribution in [1.29, 1.82) is 0 Å². The molecule has 3 aromatic rings. The van der Waals surface area contributed by atoms with Gasteiger partial charge in [-0.1, -0.05) is 18.2 Å². The number of benzene rings is 2. The molecule has 0 fully saturated rings. The van der Waals surface area contributed by atoms with Gasteiger partial charge in [0.15, 0.2) is 0 Å². The molecular weight excluding hydrogens is 410 g/mol. The number of aromatic nitrogens is 2. The first-order chi connectivity index (χ1) is 15.4. The maximum absolute atomic E-state index is 13.9. The van der Waals surface area contributed by atoms with Crippen molar-refractivity contribution < 1.29 is 19.2 Å². The van der Waals surface area contributed by atoms with Crippen LogP contribution in [0.1, 0.15) is 23.7 Å². The first kappa shape index (κ1) is 20.9. The molecule has 1 aromatic heterocycles. The lowest BCUT2D eigenvalue weighted by molar-refractivity contribution is 0.109. The van der Waals surface area contributed by atoms with E-state index in [-0.39, 0.29) is 11.9 Å². The summed E-state index contributed by atoms with van der Waals surface area (Å²) < 4.78 is 19.6. The molecule has 2 aliphatic heterocycles. The average Bonchev–Trinajstić information content (AvgIpc) is 3.13. The van der Waals surface area contributed by atoms with Crippen molar-refractivity contribution >= 4 is 35.7 Å². The van der Waals surface area contributed by atoms with Crippen LogP contribution in [0.3, 0.4) is 0 Å². The van der Waals surface area contributed by atoms with E-state index in [1.807, 2.05) is 35.0 Å². The zero-order valence-electron chi connectivity index (χ0n) is 18.0. The van der Waals surface area contributed by atoms with Gasteiger partial charge in [-0.25, -0.2) is 9.37 Å². The maximum Gasteiger partial charge on any atom is 0.488 e. The van der Waals surface area contributed by atoms with Gasteiger partial charge in [-0.2, -0.15) is 4.98 Å². The van der Waals surface area contributed by atoms with Gasteiger partial charge in [-0.15, -0.1) is 0 Å². The highest BCUT2D eigenvalue weighted by Crippen LogP contribution is 2.39. The molecule has 0 saturated heterocycles. The van der Waals surface area contributed by atoms with Gasteiger partial charge >= 0.3 is 7.12 Å². The first-order valence-corrected chi connectivity index (χ1v) is 10.7. The number of anilines is 4. The third-order valence-electron chi connectivity index (χ3n) is 6.18. The second kappa shape index (κ2) is 8.16. The molecule has 1 unspecified atom stereocenters. The fraction of sp³-hybridized carbons (Fsp3) is 0.304. The normalized spacial score (nSPS) is 17.2. The summed E-state index contributed by atoms with van der Waals surface area (Å²) in [5.41, 5.74) is 4.76. The number of fused-ring (bicyclic) bond motifs is 2. The Morgan fingerprint density at radius 3 is 2.75 bits per heavy atom. The van der Waals surface area contributed by atoms with Crippen LogP contribution in [0, 0.1) is 5.82 Å². The first-order valence-electron chi connectivity index (χ1n) is 10.7. The van der Waals surface area contributed by atoms with Crippen LogP contribution in [0.5, 0.6) is 0 Å². The summed E-state index contributed by atoms with van der Waals surface area (Å²) >= 11 is 0. The summed E-state index contributed by atoms with van der Waals surface area (Å²) in [7, 11) is 0.325. The van der Waals surface area contributed by atoms with Gasteiger partial charge in [-0.3, -0.25) is 0 Å². The van der Waals surface area contributed by atoms with Crippen molar-refractivity contribution in [2.75, 3.05) is 23.5 Å². The van der Waals surface area contributed by atoms with Crippen molar-refractivity contribution in [2.45, 2.75) is 32.4 Å². The van der Waals surface area contributed by atoms with Crippen molar-refractivity contribution in [2.24, 2.45) is 0 Å². The summed E-state index contributed by atoms with van der Waals surface area (Å²) in [5, 5.41) is 19.6. The third kappa shape index (κ3) is 3.52. The van der Waals surface area contributed by atoms with Crippen LogP contribution in [0.4, 0.5) is 27.5 Å². The van der Waals surface area contributed by atoms with Crippen molar-refractivity contribution in [3.8, 4) is 0 Å². The second-order valence-corrected chi connectivity index (χ2v) is 8.26. The van der Waals surface area contributed by atoms with Crippen LogP contribution in [-0.4, -0.2) is 46.8 Å². The van der Waals surface area contributed by atoms with E-state index in [0.717, 1.165) is 22.5 Å². The Kier molecular flexibility index (Phi) is 5.32. The molecule has 0 saturated carbocycles. The minimum Gasteiger partial charge on any atom is -0.423 e. The summed E-state index contributed by atoms with van der Waals surface area (Å²) in [5.74, 6) is 0.903. The van der Waals surface area contributed by atoms with Crippen molar-refractivity contribution in [3.05, 3.63) is 65.1 Å². The van der Waals surface area contributed by atoms with E-state index in [1.54, 1.807) is 12.1 Å². The summed E-state index contributed by atoms with van der Waals surface area (Å²) in [6.45, 7) is 3.05. The molecule has 3 heterocycles. The Hall–Kier alpha value is -3.01. The van der Waals surface area contributed by atoms with Crippen LogP contribution < -0.4 is 15.3 Å². The topological polar surface area (TPSA) is 82.0 Å². The van der Waals surface area contributed by atoms with Crippen molar-refractivity contribution in [3.63, 3.8) is 0 Å². The van der Waals surface area contributed by atoms with Crippen molar-refractivity contribution in [1.82, 2.24) is 9.97 Å². The Labute approximate surface area is 186 Å². The zero-order valence-corrected chi connectivity index (χ0v) is 18.0. The average molecular weight is 434 g/mol. The predicted molar refractivity (Wildman–Crippen MR) is 121 cm³/mol. The lowest BCUT2D eigenvalue weighted by atomic mass is 9.76. The van der Waals surface area contributed by atoms with Gasteiger partial charge in [0.05, 0.1) is 18.9 Å². The van der Waals surface area contributed by atoms with Gasteiger partial charge in [-0.05, 0) is 48.6 Å². The Morgan fingerprint density at radius 1 is 1.16 bits per heavy atom. The summed E-state index contributed by atoms with van der Waals surface area (Å²) in [6.07, 6.45) is 1.32. The molecule has 164 valence electrons. The molecule has 2 aliphatic rings. The van der Waals surface area contributed by atoms with Gasteiger partial charge < -0.3 is 24.6 Å². The number of hydrogen-bond acceptors (Lipinski definition) is 7. The van der Waals surface area contributed by atoms with E-state index in [2.05, 4.69) is 6.92 Å². The SMILES string of the molecule is CC1Cc2c(B(O)O)cccc2N1c1nc2c(c(N(C)c3cccc(F)c3)n1)COCC2. The highest BCUT2D eigenvalue weighted by molar-refractivity contribution is 6.59. The van der Waals surface area contributed by atoms with Crippen LogP contribution >= 0.6 is 0 Å². The van der Waals surface area contributed by atoms with E-state index in [1.165, 1.54) is 12.1 Å².